The Morgan fingerprint density at radius 1 is 1.31 bits per heavy atom. The molecule has 9 nitrogen and oxygen atoms in total. The molecule has 0 spiro atoms. The number of aliphatic hydroxyl groups is 2. The molecule has 0 aliphatic carbocycles. The molecule has 5 atom stereocenters. The van der Waals surface area contributed by atoms with Crippen LogP contribution in [0, 0.1) is 22.7 Å². The molecule has 2 aromatic rings. The van der Waals surface area contributed by atoms with Gasteiger partial charge in [-0.15, -0.1) is 5.10 Å². The van der Waals surface area contributed by atoms with Gasteiger partial charge in [0.05, 0.1) is 6.20 Å². The lowest BCUT2D eigenvalue weighted by Gasteiger charge is -2.40. The molecule has 2 aliphatic heterocycles. The molecule has 14 heteroatoms. The summed E-state index contributed by atoms with van der Waals surface area (Å²) < 4.78 is 53.8. The zero-order valence-corrected chi connectivity index (χ0v) is 19.9. The molecule has 1 saturated heterocycles. The van der Waals surface area contributed by atoms with Crippen molar-refractivity contribution in [3.05, 3.63) is 87.3 Å². The van der Waals surface area contributed by atoms with Crippen molar-refractivity contribution in [2.45, 2.75) is 29.8 Å². The highest BCUT2D eigenvalue weighted by Gasteiger charge is 2.52. The van der Waals surface area contributed by atoms with Gasteiger partial charge in [-0.05, 0) is 24.4 Å². The fourth-order valence-corrected chi connectivity index (χ4v) is 5.05. The lowest BCUT2D eigenvalue weighted by molar-refractivity contribution is -0.150. The average Bonchev–Trinajstić information content (AvgIpc) is 3.45. The number of allylic oxidation sites excluding steroid dienone is 3. The number of benzene rings is 1. The Bertz CT molecular complexity index is 1200. The second-order valence-corrected chi connectivity index (χ2v) is 9.49. The Balaban J connectivity index is 1.66. The molecule has 2 aliphatic rings. The van der Waals surface area contributed by atoms with E-state index in [4.69, 9.17) is 9.47 Å². The number of hydrogen-bond donors (Lipinski definition) is 3. The van der Waals surface area contributed by atoms with Crippen LogP contribution >= 0.6 is 27.7 Å². The molecule has 0 amide bonds. The van der Waals surface area contributed by atoms with Gasteiger partial charge in [-0.25, -0.2) is 17.9 Å². The molecule has 0 saturated carbocycles. The average molecular weight is 574 g/mol. The molecule has 4 rings (SSSR count). The third kappa shape index (κ3) is 5.11. The molecular weight excluding hydrogens is 557 g/mol. The molecule has 1 aromatic carbocycles. The van der Waals surface area contributed by atoms with Gasteiger partial charge in [-0.3, -0.25) is 0 Å². The molecule has 35 heavy (non-hydrogen) atoms. The van der Waals surface area contributed by atoms with Crippen LogP contribution < -0.4 is 5.48 Å². The zero-order chi connectivity index (χ0) is 25.3. The lowest BCUT2D eigenvalue weighted by Crippen LogP contribution is -2.53. The van der Waals surface area contributed by atoms with Crippen LogP contribution in [0.5, 0.6) is 0 Å². The Morgan fingerprint density at radius 3 is 2.69 bits per heavy atom. The lowest BCUT2D eigenvalue weighted by atomic mass is 9.97. The molecule has 3 heterocycles. The maximum absolute atomic E-state index is 13.7. The highest BCUT2D eigenvalue weighted by molar-refractivity contribution is 9.11. The van der Waals surface area contributed by atoms with Crippen LogP contribution in [0.1, 0.15) is 6.04 Å². The first kappa shape index (κ1) is 25.3. The number of rotatable bonds is 7. The molecule has 1 fully saturated rings. The summed E-state index contributed by atoms with van der Waals surface area (Å²) in [5.74, 6) is -4.63. The topological polar surface area (TPSA) is 125 Å². The van der Waals surface area contributed by atoms with Gasteiger partial charge in [-0.2, -0.15) is 0 Å². The fraction of sp³-hybridized carbons (Fsp3) is 0.238. The number of ether oxygens (including phenoxy) is 2. The van der Waals surface area contributed by atoms with E-state index in [0.29, 0.717) is 9.39 Å². The summed E-state index contributed by atoms with van der Waals surface area (Å²) in [6.07, 6.45) is 3.35. The third-order valence-corrected chi connectivity index (χ3v) is 6.89. The molecule has 3 N–H and O–H groups in total. The highest BCUT2D eigenvalue weighted by Crippen LogP contribution is 2.43. The summed E-state index contributed by atoms with van der Waals surface area (Å²) in [5, 5.41) is 40.2. The van der Waals surface area contributed by atoms with E-state index in [1.54, 1.807) is 11.6 Å². The summed E-state index contributed by atoms with van der Waals surface area (Å²) in [7, 11) is 0. The van der Waals surface area contributed by atoms with Crippen LogP contribution in [-0.4, -0.2) is 49.0 Å². The molecule has 3 unspecified atom stereocenters. The highest BCUT2D eigenvalue weighted by atomic mass is 79.9. The van der Waals surface area contributed by atoms with Crippen LogP contribution in [0.3, 0.4) is 0 Å². The van der Waals surface area contributed by atoms with Crippen molar-refractivity contribution in [3.63, 3.8) is 0 Å². The van der Waals surface area contributed by atoms with Crippen molar-refractivity contribution < 1.29 is 32.9 Å². The van der Waals surface area contributed by atoms with E-state index in [-0.39, 0.29) is 17.0 Å². The number of hydroxylamine groups is 1. The van der Waals surface area contributed by atoms with Crippen molar-refractivity contribution in [2.75, 3.05) is 0 Å². The molecule has 1 aromatic heterocycles. The monoisotopic (exact) mass is 573 g/mol. The standard InChI is InChI=1S/C21H17BrF3N4O5S/c1-2-10(22)5-11(6-26-32)35-21-18(31)17(20-19(34-21)15(30)8-33-20)29-7-14(27-28-29)9-3-12(23)16(25)13(24)4-9/h2-8,17-21,26,30-31H,1H2/q-1/b10-5+,11-6+/t17?,18?,19?,20-,21-/m1/s1. The number of thioether (sulfide) groups is 1. The Kier molecular flexibility index (Phi) is 7.56. The summed E-state index contributed by atoms with van der Waals surface area (Å²) >= 11 is 4.23. The molecule has 0 radical (unpaired) electrons. The first-order valence-corrected chi connectivity index (χ1v) is 11.6. The minimum Gasteiger partial charge on any atom is -0.761 e. The number of aliphatic hydroxyl groups excluding tert-OH is 2. The van der Waals surface area contributed by atoms with E-state index in [9.17, 15) is 28.6 Å². The maximum atomic E-state index is 13.7. The van der Waals surface area contributed by atoms with Crippen LogP contribution in [0.4, 0.5) is 13.2 Å². The fourth-order valence-electron chi connectivity index (χ4n) is 3.60. The summed E-state index contributed by atoms with van der Waals surface area (Å²) in [5.41, 5.74) is 0.576. The van der Waals surface area contributed by atoms with Crippen molar-refractivity contribution in [2.24, 2.45) is 0 Å². The molecular formula is C21H17BrF3N4O5S-. The Morgan fingerprint density at radius 2 is 2.03 bits per heavy atom. The van der Waals surface area contributed by atoms with Gasteiger partial charge in [-0.1, -0.05) is 45.6 Å². The number of hydrogen-bond acceptors (Lipinski definition) is 9. The van der Waals surface area contributed by atoms with E-state index in [1.807, 2.05) is 0 Å². The number of fused-ring (bicyclic) bond motifs is 1. The van der Waals surface area contributed by atoms with E-state index < -0.39 is 47.2 Å². The normalized spacial score (nSPS) is 26.7. The smallest absolute Gasteiger partial charge is 0.194 e. The van der Waals surface area contributed by atoms with E-state index in [2.05, 4.69) is 32.8 Å². The largest absolute Gasteiger partial charge is 0.761 e. The van der Waals surface area contributed by atoms with Gasteiger partial charge >= 0.3 is 0 Å². The molecule has 0 bridgehead atoms. The van der Waals surface area contributed by atoms with Gasteiger partial charge in [0.2, 0.25) is 0 Å². The summed E-state index contributed by atoms with van der Waals surface area (Å²) in [6, 6.07) is 0.562. The number of nitrogens with one attached hydrogen (secondary N) is 1. The van der Waals surface area contributed by atoms with E-state index in [0.717, 1.165) is 36.4 Å². The van der Waals surface area contributed by atoms with Gasteiger partial charge in [0.1, 0.15) is 29.5 Å². The molecule has 186 valence electrons. The van der Waals surface area contributed by atoms with Crippen LogP contribution in [0.15, 0.2) is 64.7 Å². The van der Waals surface area contributed by atoms with Crippen molar-refractivity contribution in [1.82, 2.24) is 20.5 Å². The SMILES string of the molecule is C=C/C(Br)=C\C(=C/N[O-])S[C@H]1OC2C(O)=CO[C@@H]2C(n2cc(-c3cc(F)c(F)c(F)c3)nn2)C1O. The predicted molar refractivity (Wildman–Crippen MR) is 124 cm³/mol. The zero-order valence-electron chi connectivity index (χ0n) is 17.5. The number of aromatic nitrogens is 3. The van der Waals surface area contributed by atoms with Crippen molar-refractivity contribution in [3.8, 4) is 11.3 Å². The van der Waals surface area contributed by atoms with Gasteiger partial charge in [0.25, 0.3) is 0 Å². The second-order valence-electron chi connectivity index (χ2n) is 7.40. The van der Waals surface area contributed by atoms with Crippen molar-refractivity contribution >= 4 is 27.7 Å². The van der Waals surface area contributed by atoms with Gasteiger partial charge < -0.3 is 30.4 Å². The third-order valence-electron chi connectivity index (χ3n) is 5.21. The van der Waals surface area contributed by atoms with E-state index >= 15 is 0 Å². The van der Waals surface area contributed by atoms with Crippen molar-refractivity contribution in [1.29, 1.82) is 0 Å². The van der Waals surface area contributed by atoms with Gasteiger partial charge in [0, 0.05) is 15.0 Å². The first-order chi connectivity index (χ1) is 16.7. The Hall–Kier alpha value is -2.78. The summed E-state index contributed by atoms with van der Waals surface area (Å²) in [4.78, 5) is 0.368. The van der Waals surface area contributed by atoms with Gasteiger partial charge in [0.15, 0.2) is 35.4 Å². The van der Waals surface area contributed by atoms with Crippen LogP contribution in [0.2, 0.25) is 0 Å². The number of nitrogens with zero attached hydrogens (tertiary/aromatic N) is 3. The predicted octanol–water partition coefficient (Wildman–Crippen LogP) is 3.91. The first-order valence-electron chi connectivity index (χ1n) is 9.92. The van der Waals surface area contributed by atoms with E-state index in [1.165, 1.54) is 17.0 Å². The quantitative estimate of drug-likeness (QED) is 0.257. The van der Waals surface area contributed by atoms with Crippen LogP contribution in [-0.2, 0) is 9.47 Å². The number of halogens is 4. The minimum absolute atomic E-state index is 0.00593. The second kappa shape index (κ2) is 10.5. The maximum Gasteiger partial charge on any atom is 0.194 e. The summed E-state index contributed by atoms with van der Waals surface area (Å²) in [6.45, 7) is 3.61. The Labute approximate surface area is 209 Å². The minimum atomic E-state index is -1.61. The van der Waals surface area contributed by atoms with Crippen LogP contribution in [0.25, 0.3) is 11.3 Å².